The minimum absolute atomic E-state index is 0.242. The fourth-order valence-electron chi connectivity index (χ4n) is 2.14. The molecule has 0 unspecified atom stereocenters. The summed E-state index contributed by atoms with van der Waals surface area (Å²) in [6.07, 6.45) is 0.813. The van der Waals surface area contributed by atoms with E-state index in [4.69, 9.17) is 0 Å². The number of sulfonamides is 1. The average Bonchev–Trinajstić information content (AvgIpc) is 2.41. The van der Waals surface area contributed by atoms with Gasteiger partial charge in [0, 0.05) is 6.54 Å². The Morgan fingerprint density at radius 1 is 1.10 bits per heavy atom. The van der Waals surface area contributed by atoms with E-state index in [1.54, 1.807) is 13.8 Å². The molecule has 21 heavy (non-hydrogen) atoms. The lowest BCUT2D eigenvalue weighted by Crippen LogP contribution is -2.37. The van der Waals surface area contributed by atoms with E-state index < -0.39 is 10.0 Å². The van der Waals surface area contributed by atoms with E-state index in [2.05, 4.69) is 10.0 Å². The summed E-state index contributed by atoms with van der Waals surface area (Å²) in [5.74, 6) is -0.319. The lowest BCUT2D eigenvalue weighted by molar-refractivity contribution is -0.119. The number of nitrogens with one attached hydrogen (secondary N) is 2. The molecule has 0 aromatic heterocycles. The maximum Gasteiger partial charge on any atom is 0.241 e. The Morgan fingerprint density at radius 2 is 1.62 bits per heavy atom. The molecule has 5 nitrogen and oxygen atoms in total. The van der Waals surface area contributed by atoms with E-state index in [9.17, 15) is 13.2 Å². The molecule has 1 aromatic rings. The molecule has 6 heteroatoms. The molecule has 0 saturated carbocycles. The Hall–Kier alpha value is -1.40. The van der Waals surface area contributed by atoms with Crippen LogP contribution in [0.25, 0.3) is 0 Å². The summed E-state index contributed by atoms with van der Waals surface area (Å²) in [5.41, 5.74) is 3.29. The number of aryl methyl sites for hydroxylation is 2. The summed E-state index contributed by atoms with van der Waals surface area (Å²) in [5, 5.41) is 2.64. The first-order valence-corrected chi connectivity index (χ1v) is 8.52. The summed E-state index contributed by atoms with van der Waals surface area (Å²) in [6, 6.07) is 1.97. The number of hydrogen-bond acceptors (Lipinski definition) is 3. The zero-order valence-electron chi connectivity index (χ0n) is 13.3. The molecule has 0 radical (unpaired) electrons. The van der Waals surface area contributed by atoms with Crippen molar-refractivity contribution in [2.24, 2.45) is 0 Å². The minimum atomic E-state index is -3.70. The molecule has 0 saturated heterocycles. The minimum Gasteiger partial charge on any atom is -0.355 e. The third-order valence-electron chi connectivity index (χ3n) is 3.56. The van der Waals surface area contributed by atoms with Crippen LogP contribution in [0.15, 0.2) is 11.0 Å². The van der Waals surface area contributed by atoms with Gasteiger partial charge in [-0.05, 0) is 56.4 Å². The largest absolute Gasteiger partial charge is 0.355 e. The summed E-state index contributed by atoms with van der Waals surface area (Å²) in [4.78, 5) is 11.8. The van der Waals surface area contributed by atoms with Gasteiger partial charge in [-0.2, -0.15) is 0 Å². The molecule has 0 aliphatic rings. The maximum atomic E-state index is 12.5. The van der Waals surface area contributed by atoms with Crippen molar-refractivity contribution in [3.8, 4) is 0 Å². The van der Waals surface area contributed by atoms with E-state index in [0.29, 0.717) is 6.54 Å². The van der Waals surface area contributed by atoms with Gasteiger partial charge in [0.25, 0.3) is 0 Å². The number of benzene rings is 1. The first kappa shape index (κ1) is 17.7. The molecular weight excluding hydrogens is 288 g/mol. The highest BCUT2D eigenvalue weighted by Crippen LogP contribution is 2.25. The highest BCUT2D eigenvalue weighted by molar-refractivity contribution is 7.89. The van der Waals surface area contributed by atoms with Crippen LogP contribution in [0.1, 0.15) is 35.6 Å². The van der Waals surface area contributed by atoms with Crippen LogP contribution >= 0.6 is 0 Å². The third-order valence-corrected chi connectivity index (χ3v) is 5.24. The van der Waals surface area contributed by atoms with Crippen molar-refractivity contribution in [2.45, 2.75) is 45.9 Å². The normalized spacial score (nSPS) is 11.5. The van der Waals surface area contributed by atoms with Gasteiger partial charge in [0.05, 0.1) is 11.4 Å². The second-order valence-electron chi connectivity index (χ2n) is 5.26. The highest BCUT2D eigenvalue weighted by atomic mass is 32.2. The molecule has 2 N–H and O–H groups in total. The first-order chi connectivity index (χ1) is 9.70. The topological polar surface area (TPSA) is 75.3 Å². The monoisotopic (exact) mass is 312 g/mol. The SMILES string of the molecule is CCCNC(=O)CNS(=O)(=O)c1c(C)c(C)cc(C)c1C. The van der Waals surface area contributed by atoms with Crippen LogP contribution in [0.2, 0.25) is 0 Å². The molecule has 1 amide bonds. The van der Waals surface area contributed by atoms with Crippen molar-refractivity contribution in [1.82, 2.24) is 10.0 Å². The van der Waals surface area contributed by atoms with Gasteiger partial charge < -0.3 is 5.32 Å². The summed E-state index contributed by atoms with van der Waals surface area (Å²) in [6.45, 7) is 9.58. The Labute approximate surface area is 127 Å². The van der Waals surface area contributed by atoms with E-state index >= 15 is 0 Å². The molecule has 0 bridgehead atoms. The van der Waals surface area contributed by atoms with Crippen LogP contribution in [0, 0.1) is 27.7 Å². The first-order valence-electron chi connectivity index (χ1n) is 7.04. The molecule has 0 fully saturated rings. The van der Waals surface area contributed by atoms with Crippen molar-refractivity contribution in [2.75, 3.05) is 13.1 Å². The van der Waals surface area contributed by atoms with Crippen LogP contribution in [0.3, 0.4) is 0 Å². The number of hydrogen-bond donors (Lipinski definition) is 2. The molecule has 0 heterocycles. The predicted molar refractivity (Wildman–Crippen MR) is 83.9 cm³/mol. The van der Waals surface area contributed by atoms with Gasteiger partial charge in [-0.15, -0.1) is 0 Å². The Bertz CT molecular complexity index is 611. The fraction of sp³-hybridized carbons (Fsp3) is 0.533. The van der Waals surface area contributed by atoms with E-state index in [1.165, 1.54) is 0 Å². The van der Waals surface area contributed by atoms with Gasteiger partial charge in [0.2, 0.25) is 15.9 Å². The van der Waals surface area contributed by atoms with Crippen molar-refractivity contribution in [3.63, 3.8) is 0 Å². The molecule has 0 aliphatic heterocycles. The number of rotatable bonds is 6. The molecule has 0 spiro atoms. The molecule has 0 aliphatic carbocycles. The highest BCUT2D eigenvalue weighted by Gasteiger charge is 2.22. The van der Waals surface area contributed by atoms with E-state index in [0.717, 1.165) is 28.7 Å². The van der Waals surface area contributed by atoms with Crippen LogP contribution in [0.4, 0.5) is 0 Å². The maximum absolute atomic E-state index is 12.5. The number of amides is 1. The van der Waals surface area contributed by atoms with Crippen molar-refractivity contribution < 1.29 is 13.2 Å². The van der Waals surface area contributed by atoms with Crippen LogP contribution in [-0.2, 0) is 14.8 Å². The number of carbonyl (C=O) groups is 1. The zero-order valence-corrected chi connectivity index (χ0v) is 14.1. The van der Waals surface area contributed by atoms with Gasteiger partial charge in [0.1, 0.15) is 0 Å². The van der Waals surface area contributed by atoms with Crippen molar-refractivity contribution in [1.29, 1.82) is 0 Å². The fourth-order valence-corrected chi connectivity index (χ4v) is 3.74. The Morgan fingerprint density at radius 3 is 2.10 bits per heavy atom. The van der Waals surface area contributed by atoms with Gasteiger partial charge in [-0.3, -0.25) is 4.79 Å². The Balaban J connectivity index is 3.02. The number of carbonyl (C=O) groups excluding carboxylic acids is 1. The van der Waals surface area contributed by atoms with Crippen LogP contribution in [-0.4, -0.2) is 27.4 Å². The van der Waals surface area contributed by atoms with Crippen LogP contribution < -0.4 is 10.0 Å². The lowest BCUT2D eigenvalue weighted by atomic mass is 10.0. The predicted octanol–water partition coefficient (Wildman–Crippen LogP) is 1.72. The van der Waals surface area contributed by atoms with Gasteiger partial charge in [-0.25, -0.2) is 13.1 Å². The molecule has 0 atom stereocenters. The van der Waals surface area contributed by atoms with Crippen molar-refractivity contribution in [3.05, 3.63) is 28.3 Å². The summed E-state index contributed by atoms with van der Waals surface area (Å²) in [7, 11) is -3.70. The second-order valence-corrected chi connectivity index (χ2v) is 6.97. The molecule has 1 aromatic carbocycles. The second kappa shape index (κ2) is 7.04. The molecule has 1 rings (SSSR count). The van der Waals surface area contributed by atoms with Crippen molar-refractivity contribution >= 4 is 15.9 Å². The standard InChI is InChI=1S/C15H24N2O3S/c1-6-7-16-14(18)9-17-21(19,20)15-12(4)10(2)8-11(3)13(15)5/h8,17H,6-7,9H2,1-5H3,(H,16,18). The zero-order chi connectivity index (χ0) is 16.2. The lowest BCUT2D eigenvalue weighted by Gasteiger charge is -2.16. The summed E-state index contributed by atoms with van der Waals surface area (Å²) >= 11 is 0. The van der Waals surface area contributed by atoms with E-state index in [1.807, 2.05) is 26.8 Å². The van der Waals surface area contributed by atoms with E-state index in [-0.39, 0.29) is 17.3 Å². The average molecular weight is 312 g/mol. The third kappa shape index (κ3) is 4.28. The quantitative estimate of drug-likeness (QED) is 0.840. The van der Waals surface area contributed by atoms with Gasteiger partial charge in [-0.1, -0.05) is 13.0 Å². The van der Waals surface area contributed by atoms with Crippen LogP contribution in [0.5, 0.6) is 0 Å². The van der Waals surface area contributed by atoms with Gasteiger partial charge >= 0.3 is 0 Å². The molecule has 118 valence electrons. The summed E-state index contributed by atoms with van der Waals surface area (Å²) < 4.78 is 27.3. The van der Waals surface area contributed by atoms with Gasteiger partial charge in [0.15, 0.2) is 0 Å². The Kier molecular flexibility index (Phi) is 5.92. The smallest absolute Gasteiger partial charge is 0.241 e. The molecular formula is C15H24N2O3S.